The van der Waals surface area contributed by atoms with Crippen LogP contribution in [0.2, 0.25) is 0 Å². The summed E-state index contributed by atoms with van der Waals surface area (Å²) in [6, 6.07) is 10.3. The molecule has 6 nitrogen and oxygen atoms in total. The van der Waals surface area contributed by atoms with E-state index < -0.39 is 0 Å². The second-order valence-corrected chi connectivity index (χ2v) is 8.98. The molecule has 2 aliphatic rings. The summed E-state index contributed by atoms with van der Waals surface area (Å²) in [4.78, 5) is 9.38. The Hall–Kier alpha value is -2.80. The normalized spacial score (nSPS) is 16.6. The highest BCUT2D eigenvalue weighted by Gasteiger charge is 2.24. The molecule has 1 saturated carbocycles. The highest BCUT2D eigenvalue weighted by Crippen LogP contribution is 2.38. The zero-order chi connectivity index (χ0) is 19.4. The van der Waals surface area contributed by atoms with Crippen LogP contribution in [0.25, 0.3) is 32.6 Å². The van der Waals surface area contributed by atoms with Gasteiger partial charge >= 0.3 is 0 Å². The topological polar surface area (TPSA) is 75.2 Å². The average molecular weight is 407 g/mol. The van der Waals surface area contributed by atoms with Crippen LogP contribution in [-0.4, -0.2) is 27.7 Å². The lowest BCUT2D eigenvalue weighted by Crippen LogP contribution is -2.09. The van der Waals surface area contributed by atoms with E-state index in [2.05, 4.69) is 27.8 Å². The first kappa shape index (κ1) is 17.1. The monoisotopic (exact) mass is 406 g/mol. The van der Waals surface area contributed by atoms with Gasteiger partial charge < -0.3 is 19.8 Å². The Labute approximate surface area is 172 Å². The van der Waals surface area contributed by atoms with Crippen LogP contribution in [0.4, 0.5) is 5.13 Å². The number of nitrogens with zero attached hydrogens (tertiary/aromatic N) is 3. The molecule has 7 heteroatoms. The smallest absolute Gasteiger partial charge is 0.181 e. The first-order chi connectivity index (χ1) is 14.2. The van der Waals surface area contributed by atoms with E-state index in [1.54, 1.807) is 0 Å². The summed E-state index contributed by atoms with van der Waals surface area (Å²) in [5.74, 6) is 3.39. The molecule has 0 atom stereocenters. The Bertz CT molecular complexity index is 1220. The molecule has 2 aromatic carbocycles. The third kappa shape index (κ3) is 3.09. The Morgan fingerprint density at radius 3 is 2.97 bits per heavy atom. The van der Waals surface area contributed by atoms with E-state index in [-0.39, 0.29) is 0 Å². The quantitative estimate of drug-likeness (QED) is 0.524. The van der Waals surface area contributed by atoms with Gasteiger partial charge in [-0.2, -0.15) is 0 Å². The number of fused-ring (bicyclic) bond motifs is 1. The molecule has 1 aliphatic carbocycles. The molecular weight excluding hydrogens is 384 g/mol. The summed E-state index contributed by atoms with van der Waals surface area (Å²) >= 11 is 1.51. The Kier molecular flexibility index (Phi) is 3.90. The molecule has 2 N–H and O–H groups in total. The van der Waals surface area contributed by atoms with Gasteiger partial charge in [0.25, 0.3) is 0 Å². The molecule has 1 aliphatic heterocycles. The summed E-state index contributed by atoms with van der Waals surface area (Å²) in [6.45, 7) is 2.43. The van der Waals surface area contributed by atoms with E-state index in [4.69, 9.17) is 20.2 Å². The molecule has 0 radical (unpaired) electrons. The van der Waals surface area contributed by atoms with Crippen LogP contribution >= 0.6 is 11.3 Å². The zero-order valence-electron chi connectivity index (χ0n) is 16.1. The van der Waals surface area contributed by atoms with Crippen molar-refractivity contribution in [2.45, 2.75) is 32.2 Å². The van der Waals surface area contributed by atoms with Crippen molar-refractivity contribution in [3.8, 4) is 22.9 Å². The van der Waals surface area contributed by atoms with Gasteiger partial charge in [0.05, 0.1) is 28.9 Å². The Morgan fingerprint density at radius 1 is 1.14 bits per heavy atom. The van der Waals surface area contributed by atoms with Crippen molar-refractivity contribution in [2.24, 2.45) is 5.92 Å². The van der Waals surface area contributed by atoms with Gasteiger partial charge in [-0.05, 0) is 49.8 Å². The summed E-state index contributed by atoms with van der Waals surface area (Å²) in [5, 5.41) is 0.591. The molecule has 0 saturated heterocycles. The molecule has 2 aromatic heterocycles. The number of aryl methyl sites for hydroxylation is 1. The van der Waals surface area contributed by atoms with Crippen LogP contribution in [0.3, 0.4) is 0 Å². The number of hydrogen-bond donors (Lipinski definition) is 1. The highest BCUT2D eigenvalue weighted by molar-refractivity contribution is 7.22. The Balaban J connectivity index is 1.50. The van der Waals surface area contributed by atoms with Crippen molar-refractivity contribution >= 4 is 37.7 Å². The van der Waals surface area contributed by atoms with Gasteiger partial charge in [0, 0.05) is 24.2 Å². The van der Waals surface area contributed by atoms with Gasteiger partial charge in [-0.15, -0.1) is 0 Å². The molecular formula is C22H22N4O2S. The van der Waals surface area contributed by atoms with E-state index in [1.807, 2.05) is 12.1 Å². The fourth-order valence-corrected chi connectivity index (χ4v) is 4.74. The van der Waals surface area contributed by atoms with Gasteiger partial charge in [0.2, 0.25) is 0 Å². The largest absolute Gasteiger partial charge is 0.493 e. The standard InChI is InChI=1S/C22H22N4O2S/c23-22-25-16-6-5-14(9-19(16)29-22)21-24-17-10-15(28-12-13-3-4-13)11-18-20(17)26(21)7-1-2-8-27-18/h5-6,9-11,13H,1-4,7-8,12H2,(H2,23,25). The number of nitrogens with two attached hydrogens (primary N) is 1. The summed E-state index contributed by atoms with van der Waals surface area (Å²) in [7, 11) is 0. The van der Waals surface area contributed by atoms with Crippen molar-refractivity contribution in [2.75, 3.05) is 18.9 Å². The van der Waals surface area contributed by atoms with Crippen LogP contribution in [-0.2, 0) is 6.54 Å². The zero-order valence-corrected chi connectivity index (χ0v) is 16.9. The molecule has 6 rings (SSSR count). The van der Waals surface area contributed by atoms with Crippen molar-refractivity contribution in [1.29, 1.82) is 0 Å². The number of imidazole rings is 1. The number of thiazole rings is 1. The fourth-order valence-electron chi connectivity index (χ4n) is 3.97. The maximum Gasteiger partial charge on any atom is 0.181 e. The minimum absolute atomic E-state index is 0.591. The number of hydrogen-bond acceptors (Lipinski definition) is 6. The van der Waals surface area contributed by atoms with E-state index in [0.717, 1.165) is 76.7 Å². The molecule has 0 unspecified atom stereocenters. The number of benzene rings is 2. The summed E-state index contributed by atoms with van der Waals surface area (Å²) < 4.78 is 15.5. The molecule has 1 fully saturated rings. The first-order valence-electron chi connectivity index (χ1n) is 10.2. The third-order valence-electron chi connectivity index (χ3n) is 5.66. The average Bonchev–Trinajstić information content (AvgIpc) is 3.34. The van der Waals surface area contributed by atoms with E-state index >= 15 is 0 Å². The van der Waals surface area contributed by atoms with Crippen LogP contribution < -0.4 is 15.2 Å². The maximum absolute atomic E-state index is 6.12. The van der Waals surface area contributed by atoms with Gasteiger partial charge in [-0.3, -0.25) is 0 Å². The lowest BCUT2D eigenvalue weighted by molar-refractivity contribution is 0.285. The summed E-state index contributed by atoms with van der Waals surface area (Å²) in [5.41, 5.74) is 9.88. The molecule has 3 heterocycles. The highest BCUT2D eigenvalue weighted by atomic mass is 32.1. The lowest BCUT2D eigenvalue weighted by Gasteiger charge is -2.17. The second kappa shape index (κ2) is 6.62. The predicted molar refractivity (Wildman–Crippen MR) is 116 cm³/mol. The van der Waals surface area contributed by atoms with Crippen LogP contribution in [0.5, 0.6) is 11.5 Å². The molecule has 0 spiro atoms. The number of ether oxygens (including phenoxy) is 2. The van der Waals surface area contributed by atoms with E-state index in [9.17, 15) is 0 Å². The van der Waals surface area contributed by atoms with Crippen molar-refractivity contribution in [3.63, 3.8) is 0 Å². The molecule has 29 heavy (non-hydrogen) atoms. The lowest BCUT2D eigenvalue weighted by atomic mass is 10.2. The number of rotatable bonds is 4. The number of nitrogen functional groups attached to an aromatic ring is 1. The van der Waals surface area contributed by atoms with Gasteiger partial charge in [-0.25, -0.2) is 9.97 Å². The third-order valence-corrected chi connectivity index (χ3v) is 6.51. The molecule has 148 valence electrons. The second-order valence-electron chi connectivity index (χ2n) is 7.92. The SMILES string of the molecule is Nc1nc2ccc(-c3nc4cc(OCC5CC5)cc5c4n3CCCCO5)cc2s1. The van der Waals surface area contributed by atoms with Gasteiger partial charge in [0.1, 0.15) is 22.8 Å². The minimum Gasteiger partial charge on any atom is -0.493 e. The molecule has 0 bridgehead atoms. The first-order valence-corrected chi connectivity index (χ1v) is 11.0. The van der Waals surface area contributed by atoms with Gasteiger partial charge in [0.15, 0.2) is 5.13 Å². The van der Waals surface area contributed by atoms with E-state index in [1.165, 1.54) is 24.2 Å². The van der Waals surface area contributed by atoms with Crippen LogP contribution in [0.15, 0.2) is 30.3 Å². The van der Waals surface area contributed by atoms with Gasteiger partial charge in [-0.1, -0.05) is 11.3 Å². The Morgan fingerprint density at radius 2 is 2.07 bits per heavy atom. The van der Waals surface area contributed by atoms with Crippen molar-refractivity contribution < 1.29 is 9.47 Å². The number of anilines is 1. The molecule has 4 aromatic rings. The predicted octanol–water partition coefficient (Wildman–Crippen LogP) is 4.86. The minimum atomic E-state index is 0.591. The van der Waals surface area contributed by atoms with E-state index in [0.29, 0.717) is 11.0 Å². The summed E-state index contributed by atoms with van der Waals surface area (Å²) in [6.07, 6.45) is 4.63. The van der Waals surface area contributed by atoms with Crippen LogP contribution in [0.1, 0.15) is 25.7 Å². The molecule has 0 amide bonds. The van der Waals surface area contributed by atoms with Crippen molar-refractivity contribution in [1.82, 2.24) is 14.5 Å². The van der Waals surface area contributed by atoms with Crippen molar-refractivity contribution in [3.05, 3.63) is 30.3 Å². The maximum atomic E-state index is 6.12. The fraction of sp³-hybridized carbons (Fsp3) is 0.364. The van der Waals surface area contributed by atoms with Crippen LogP contribution in [0, 0.1) is 5.92 Å². The number of aromatic nitrogens is 3.